The number of nitrogen functional groups attached to an aromatic ring is 1. The van der Waals surface area contributed by atoms with Crippen LogP contribution in [0.4, 0.5) is 5.69 Å². The van der Waals surface area contributed by atoms with E-state index in [0.717, 1.165) is 25.2 Å². The summed E-state index contributed by atoms with van der Waals surface area (Å²) in [4.78, 5) is 0. The van der Waals surface area contributed by atoms with E-state index >= 15 is 0 Å². The van der Waals surface area contributed by atoms with Gasteiger partial charge in [-0.3, -0.25) is 0 Å². The van der Waals surface area contributed by atoms with Crippen LogP contribution in [-0.4, -0.2) is 13.2 Å². The Hall–Kier alpha value is -1.87. The third kappa shape index (κ3) is 2.68. The highest BCUT2D eigenvalue weighted by atomic mass is 35.5. The number of benzene rings is 2. The molecule has 3 rings (SSSR count). The van der Waals surface area contributed by atoms with E-state index in [0.29, 0.717) is 23.1 Å². The van der Waals surface area contributed by atoms with E-state index < -0.39 is 0 Å². The third-order valence-electron chi connectivity index (χ3n) is 3.39. The van der Waals surface area contributed by atoms with Crippen molar-refractivity contribution in [2.45, 2.75) is 12.8 Å². The molecule has 0 spiro atoms. The van der Waals surface area contributed by atoms with Crippen LogP contribution in [0.1, 0.15) is 11.1 Å². The fourth-order valence-electron chi connectivity index (χ4n) is 2.34. The monoisotopic (exact) mass is 289 g/mol. The van der Waals surface area contributed by atoms with Gasteiger partial charge in [-0.2, -0.15) is 0 Å². The Morgan fingerprint density at radius 2 is 2.15 bits per heavy atom. The van der Waals surface area contributed by atoms with Crippen LogP contribution in [-0.2, 0) is 12.8 Å². The number of ether oxygens (including phenoxy) is 2. The second-order valence-electron chi connectivity index (χ2n) is 4.80. The van der Waals surface area contributed by atoms with Gasteiger partial charge in [0.2, 0.25) is 0 Å². The first kappa shape index (κ1) is 13.1. The molecular formula is C16H16ClNO2. The number of hydrogen-bond donors (Lipinski definition) is 1. The lowest BCUT2D eigenvalue weighted by molar-refractivity contribution is 0.324. The van der Waals surface area contributed by atoms with Gasteiger partial charge in [-0.15, -0.1) is 0 Å². The first-order chi connectivity index (χ1) is 9.74. The second-order valence-corrected chi connectivity index (χ2v) is 5.20. The fourth-order valence-corrected chi connectivity index (χ4v) is 2.58. The van der Waals surface area contributed by atoms with Crippen molar-refractivity contribution >= 4 is 17.3 Å². The smallest absolute Gasteiger partial charge is 0.160 e. The molecule has 3 nitrogen and oxygen atoms in total. The maximum atomic E-state index is 6.07. The summed E-state index contributed by atoms with van der Waals surface area (Å²) in [5.41, 5.74) is 8.93. The lowest BCUT2D eigenvalue weighted by Gasteiger charge is -2.10. The minimum atomic E-state index is 0.548. The predicted octanol–water partition coefficient (Wildman–Crippen LogP) is 3.48. The summed E-state index contributed by atoms with van der Waals surface area (Å²) in [5, 5.41) is 0.548. The molecule has 0 aliphatic carbocycles. The zero-order valence-corrected chi connectivity index (χ0v) is 11.8. The minimum absolute atomic E-state index is 0.548. The van der Waals surface area contributed by atoms with Crippen molar-refractivity contribution in [3.05, 3.63) is 52.5 Å². The molecule has 1 aliphatic rings. The van der Waals surface area contributed by atoms with E-state index in [-0.39, 0.29) is 0 Å². The molecule has 4 heteroatoms. The first-order valence-corrected chi connectivity index (χ1v) is 7.03. The summed E-state index contributed by atoms with van der Waals surface area (Å²) in [5.74, 6) is 1.57. The molecule has 0 aromatic heterocycles. The van der Waals surface area contributed by atoms with Crippen LogP contribution in [0.2, 0.25) is 5.02 Å². The standard InChI is InChI=1S/C16H16ClNO2/c17-13-2-1-3-14(18)16(13)20-8-6-11-4-5-15-12(10-11)7-9-19-15/h1-5,10H,6-9,18H2. The van der Waals surface area contributed by atoms with Gasteiger partial charge in [0.15, 0.2) is 5.75 Å². The molecule has 0 saturated carbocycles. The van der Waals surface area contributed by atoms with E-state index in [1.807, 2.05) is 12.1 Å². The lowest BCUT2D eigenvalue weighted by Crippen LogP contribution is -2.04. The van der Waals surface area contributed by atoms with Gasteiger partial charge in [0.1, 0.15) is 5.75 Å². The number of halogens is 1. The maximum Gasteiger partial charge on any atom is 0.160 e. The molecule has 0 amide bonds. The molecule has 20 heavy (non-hydrogen) atoms. The van der Waals surface area contributed by atoms with Crippen molar-refractivity contribution in [3.8, 4) is 11.5 Å². The van der Waals surface area contributed by atoms with Crippen LogP contribution in [0.3, 0.4) is 0 Å². The van der Waals surface area contributed by atoms with E-state index in [2.05, 4.69) is 12.1 Å². The van der Waals surface area contributed by atoms with Gasteiger partial charge in [0, 0.05) is 12.8 Å². The molecule has 2 N–H and O–H groups in total. The van der Waals surface area contributed by atoms with E-state index in [4.69, 9.17) is 26.8 Å². The summed E-state index contributed by atoms with van der Waals surface area (Å²) in [6.07, 6.45) is 1.80. The number of rotatable bonds is 4. The van der Waals surface area contributed by atoms with Gasteiger partial charge in [-0.25, -0.2) is 0 Å². The molecule has 0 atom stereocenters. The second kappa shape index (κ2) is 5.63. The molecular weight excluding hydrogens is 274 g/mol. The minimum Gasteiger partial charge on any atom is -0.493 e. The third-order valence-corrected chi connectivity index (χ3v) is 3.69. The maximum absolute atomic E-state index is 6.07. The fraction of sp³-hybridized carbons (Fsp3) is 0.250. The zero-order valence-electron chi connectivity index (χ0n) is 11.1. The number of hydrogen-bond acceptors (Lipinski definition) is 3. The Morgan fingerprint density at radius 1 is 1.25 bits per heavy atom. The van der Waals surface area contributed by atoms with Crippen molar-refractivity contribution < 1.29 is 9.47 Å². The Balaban J connectivity index is 1.63. The topological polar surface area (TPSA) is 44.5 Å². The van der Waals surface area contributed by atoms with Gasteiger partial charge in [0.05, 0.1) is 23.9 Å². The molecule has 1 heterocycles. The van der Waals surface area contributed by atoms with Crippen LogP contribution in [0, 0.1) is 0 Å². The Kier molecular flexibility index (Phi) is 3.70. The predicted molar refractivity (Wildman–Crippen MR) is 80.7 cm³/mol. The van der Waals surface area contributed by atoms with E-state index in [1.165, 1.54) is 11.1 Å². The number of anilines is 1. The van der Waals surface area contributed by atoms with Crippen molar-refractivity contribution in [3.63, 3.8) is 0 Å². The highest BCUT2D eigenvalue weighted by molar-refractivity contribution is 6.32. The Morgan fingerprint density at radius 3 is 3.00 bits per heavy atom. The van der Waals surface area contributed by atoms with E-state index in [9.17, 15) is 0 Å². The van der Waals surface area contributed by atoms with Crippen molar-refractivity contribution in [2.75, 3.05) is 18.9 Å². The van der Waals surface area contributed by atoms with Gasteiger partial charge in [-0.1, -0.05) is 29.8 Å². The highest BCUT2D eigenvalue weighted by Gasteiger charge is 2.12. The Labute approximate surface area is 123 Å². The van der Waals surface area contributed by atoms with Crippen molar-refractivity contribution in [1.29, 1.82) is 0 Å². The van der Waals surface area contributed by atoms with Crippen LogP contribution in [0.15, 0.2) is 36.4 Å². The average Bonchev–Trinajstić information content (AvgIpc) is 2.89. The average molecular weight is 290 g/mol. The zero-order chi connectivity index (χ0) is 13.9. The molecule has 0 unspecified atom stereocenters. The highest BCUT2D eigenvalue weighted by Crippen LogP contribution is 2.31. The first-order valence-electron chi connectivity index (χ1n) is 6.65. The number of nitrogens with two attached hydrogens (primary N) is 1. The van der Waals surface area contributed by atoms with Gasteiger partial charge in [-0.05, 0) is 29.3 Å². The quantitative estimate of drug-likeness (QED) is 0.877. The lowest BCUT2D eigenvalue weighted by atomic mass is 10.1. The molecule has 0 radical (unpaired) electrons. The molecule has 2 aromatic rings. The van der Waals surface area contributed by atoms with Crippen LogP contribution < -0.4 is 15.2 Å². The van der Waals surface area contributed by atoms with Crippen LogP contribution in [0.5, 0.6) is 11.5 Å². The normalized spacial score (nSPS) is 12.8. The molecule has 2 aromatic carbocycles. The summed E-state index contributed by atoms with van der Waals surface area (Å²) in [6.45, 7) is 1.33. The van der Waals surface area contributed by atoms with Gasteiger partial charge in [0.25, 0.3) is 0 Å². The van der Waals surface area contributed by atoms with Crippen molar-refractivity contribution in [2.24, 2.45) is 0 Å². The largest absolute Gasteiger partial charge is 0.493 e. The molecule has 104 valence electrons. The molecule has 0 saturated heterocycles. The van der Waals surface area contributed by atoms with Gasteiger partial charge >= 0.3 is 0 Å². The SMILES string of the molecule is Nc1cccc(Cl)c1OCCc1ccc2c(c1)CCO2. The molecule has 0 fully saturated rings. The number of para-hydroxylation sites is 1. The van der Waals surface area contributed by atoms with Crippen LogP contribution in [0.25, 0.3) is 0 Å². The Bertz CT molecular complexity index is 608. The summed E-state index contributed by atoms with van der Waals surface area (Å²) in [7, 11) is 0. The van der Waals surface area contributed by atoms with E-state index in [1.54, 1.807) is 12.1 Å². The summed E-state index contributed by atoms with van der Waals surface area (Å²) < 4.78 is 11.2. The van der Waals surface area contributed by atoms with Crippen molar-refractivity contribution in [1.82, 2.24) is 0 Å². The number of fused-ring (bicyclic) bond motifs is 1. The molecule has 1 aliphatic heterocycles. The summed E-state index contributed by atoms with van der Waals surface area (Å²) >= 11 is 6.07. The summed E-state index contributed by atoms with van der Waals surface area (Å²) in [6, 6.07) is 11.7. The molecule has 0 bridgehead atoms. The van der Waals surface area contributed by atoms with Crippen LogP contribution >= 0.6 is 11.6 Å². The van der Waals surface area contributed by atoms with Gasteiger partial charge < -0.3 is 15.2 Å².